The predicted octanol–water partition coefficient (Wildman–Crippen LogP) is 0.390. The lowest BCUT2D eigenvalue weighted by atomic mass is 10.2. The molecule has 1 aromatic carbocycles. The van der Waals surface area contributed by atoms with Crippen LogP contribution < -0.4 is 15.0 Å². The van der Waals surface area contributed by atoms with Crippen molar-refractivity contribution in [3.8, 4) is 5.75 Å². The Kier molecular flexibility index (Phi) is 4.96. The maximum atomic E-state index is 13.5. The molecule has 9 nitrogen and oxygen atoms in total. The van der Waals surface area contributed by atoms with Crippen LogP contribution in [0.25, 0.3) is 0 Å². The van der Waals surface area contributed by atoms with Crippen molar-refractivity contribution in [2.45, 2.75) is 6.54 Å². The number of carbonyl (C=O) groups is 1. The standard InChI is InChI=1S/C15H20FN7O2/c1-21-19-14(18-20-21)10-17-15(24)23-7-5-22(6-8-23)11-3-4-12(16)13(9-11)25-2/h3-4,9H,5-8,10H2,1-2H3,(H,17,24). The number of nitrogens with one attached hydrogen (secondary N) is 1. The van der Waals surface area contributed by atoms with E-state index in [4.69, 9.17) is 4.74 Å². The third kappa shape index (κ3) is 3.95. The van der Waals surface area contributed by atoms with Crippen molar-refractivity contribution in [3.05, 3.63) is 29.8 Å². The molecule has 0 spiro atoms. The van der Waals surface area contributed by atoms with Crippen LogP contribution in [-0.4, -0.2) is 64.4 Å². The van der Waals surface area contributed by atoms with Crippen molar-refractivity contribution in [1.29, 1.82) is 0 Å². The molecule has 1 aromatic heterocycles. The van der Waals surface area contributed by atoms with Gasteiger partial charge in [-0.05, 0) is 17.3 Å². The number of piperazine rings is 1. The summed E-state index contributed by atoms with van der Waals surface area (Å²) >= 11 is 0. The van der Waals surface area contributed by atoms with Gasteiger partial charge in [0.1, 0.15) is 0 Å². The zero-order chi connectivity index (χ0) is 17.8. The number of rotatable bonds is 4. The van der Waals surface area contributed by atoms with Gasteiger partial charge in [0.25, 0.3) is 0 Å². The molecule has 3 rings (SSSR count). The molecule has 1 saturated heterocycles. The normalized spacial score (nSPS) is 14.5. The number of urea groups is 1. The first kappa shape index (κ1) is 16.9. The van der Waals surface area contributed by atoms with Crippen LogP contribution in [0.4, 0.5) is 14.9 Å². The van der Waals surface area contributed by atoms with Gasteiger partial charge in [0.2, 0.25) is 0 Å². The Hall–Kier alpha value is -2.91. The Bertz CT molecular complexity index is 743. The number of anilines is 1. The number of benzene rings is 1. The third-order valence-electron chi connectivity index (χ3n) is 4.01. The number of ether oxygens (including phenoxy) is 1. The monoisotopic (exact) mass is 349 g/mol. The minimum Gasteiger partial charge on any atom is -0.494 e. The molecule has 0 radical (unpaired) electrons. The number of halogens is 1. The molecule has 1 fully saturated rings. The molecule has 1 aliphatic heterocycles. The van der Waals surface area contributed by atoms with Gasteiger partial charge in [-0.25, -0.2) is 9.18 Å². The molecule has 134 valence electrons. The van der Waals surface area contributed by atoms with Gasteiger partial charge in [-0.2, -0.15) is 4.80 Å². The summed E-state index contributed by atoms with van der Waals surface area (Å²) in [7, 11) is 3.11. The van der Waals surface area contributed by atoms with E-state index in [2.05, 4.69) is 25.6 Å². The minimum atomic E-state index is -0.387. The fourth-order valence-electron chi connectivity index (χ4n) is 2.67. The maximum Gasteiger partial charge on any atom is 0.317 e. The highest BCUT2D eigenvalue weighted by molar-refractivity contribution is 5.74. The zero-order valence-corrected chi connectivity index (χ0v) is 14.1. The fraction of sp³-hybridized carbons (Fsp3) is 0.467. The van der Waals surface area contributed by atoms with Crippen LogP contribution in [0.1, 0.15) is 5.82 Å². The summed E-state index contributed by atoms with van der Waals surface area (Å²) in [6.45, 7) is 2.69. The number of tetrazole rings is 1. The van der Waals surface area contributed by atoms with Crippen molar-refractivity contribution in [2.75, 3.05) is 38.2 Å². The second kappa shape index (κ2) is 7.32. The van der Waals surface area contributed by atoms with Crippen molar-refractivity contribution >= 4 is 11.7 Å². The number of hydrogen-bond donors (Lipinski definition) is 1. The Labute approximate surface area is 144 Å². The van der Waals surface area contributed by atoms with Crippen LogP contribution in [-0.2, 0) is 13.6 Å². The smallest absolute Gasteiger partial charge is 0.317 e. The van der Waals surface area contributed by atoms with Gasteiger partial charge in [0.05, 0.1) is 20.7 Å². The van der Waals surface area contributed by atoms with E-state index in [0.717, 1.165) is 5.69 Å². The summed E-state index contributed by atoms with van der Waals surface area (Å²) in [5.74, 6) is 0.295. The topological polar surface area (TPSA) is 88.4 Å². The van der Waals surface area contributed by atoms with E-state index in [1.165, 1.54) is 18.0 Å². The largest absolute Gasteiger partial charge is 0.494 e. The molecular formula is C15H20FN7O2. The highest BCUT2D eigenvalue weighted by Gasteiger charge is 2.22. The molecule has 0 unspecified atom stereocenters. The molecule has 0 atom stereocenters. The van der Waals surface area contributed by atoms with Crippen LogP contribution in [0.5, 0.6) is 5.75 Å². The van der Waals surface area contributed by atoms with Crippen molar-refractivity contribution < 1.29 is 13.9 Å². The molecule has 25 heavy (non-hydrogen) atoms. The number of aryl methyl sites for hydroxylation is 1. The predicted molar refractivity (Wildman–Crippen MR) is 87.8 cm³/mol. The molecule has 0 saturated carbocycles. The Balaban J connectivity index is 1.52. The van der Waals surface area contributed by atoms with Crippen LogP contribution >= 0.6 is 0 Å². The van der Waals surface area contributed by atoms with E-state index in [0.29, 0.717) is 32.0 Å². The van der Waals surface area contributed by atoms with E-state index in [9.17, 15) is 9.18 Å². The minimum absolute atomic E-state index is 0.163. The van der Waals surface area contributed by atoms with E-state index in [1.807, 2.05) is 0 Å². The van der Waals surface area contributed by atoms with Gasteiger partial charge in [-0.3, -0.25) is 0 Å². The molecule has 2 amide bonds. The first-order chi connectivity index (χ1) is 12.1. The molecule has 2 heterocycles. The van der Waals surface area contributed by atoms with Crippen LogP contribution in [0.15, 0.2) is 18.2 Å². The average molecular weight is 349 g/mol. The van der Waals surface area contributed by atoms with Crippen molar-refractivity contribution in [3.63, 3.8) is 0 Å². The molecule has 10 heteroatoms. The molecule has 0 bridgehead atoms. The molecule has 2 aromatic rings. The van der Waals surface area contributed by atoms with E-state index >= 15 is 0 Å². The van der Waals surface area contributed by atoms with Gasteiger partial charge in [-0.1, -0.05) is 0 Å². The van der Waals surface area contributed by atoms with Crippen molar-refractivity contribution in [2.24, 2.45) is 7.05 Å². The first-order valence-electron chi connectivity index (χ1n) is 7.91. The lowest BCUT2D eigenvalue weighted by molar-refractivity contribution is 0.193. The zero-order valence-electron chi connectivity index (χ0n) is 14.1. The van der Waals surface area contributed by atoms with Crippen LogP contribution in [0.3, 0.4) is 0 Å². The molecular weight excluding hydrogens is 329 g/mol. The number of nitrogens with zero attached hydrogens (tertiary/aromatic N) is 6. The quantitative estimate of drug-likeness (QED) is 0.859. The third-order valence-corrected chi connectivity index (χ3v) is 4.01. The van der Waals surface area contributed by atoms with Gasteiger partial charge in [-0.15, -0.1) is 10.2 Å². The SMILES string of the molecule is COc1cc(N2CCN(C(=O)NCc3nnn(C)n3)CC2)ccc1F. The van der Waals surface area contributed by atoms with Gasteiger partial charge >= 0.3 is 6.03 Å². The fourth-order valence-corrected chi connectivity index (χ4v) is 2.67. The van der Waals surface area contributed by atoms with E-state index in [1.54, 1.807) is 24.1 Å². The Morgan fingerprint density at radius 1 is 1.32 bits per heavy atom. The summed E-state index contributed by atoms with van der Waals surface area (Å²) in [5, 5.41) is 14.3. The summed E-state index contributed by atoms with van der Waals surface area (Å²) in [4.78, 5) is 17.4. The summed E-state index contributed by atoms with van der Waals surface area (Å²) in [5.41, 5.74) is 0.877. The molecule has 1 N–H and O–H groups in total. The number of carbonyl (C=O) groups excluding carboxylic acids is 1. The van der Waals surface area contributed by atoms with E-state index < -0.39 is 0 Å². The lowest BCUT2D eigenvalue weighted by Gasteiger charge is -2.36. The van der Waals surface area contributed by atoms with Crippen molar-refractivity contribution in [1.82, 2.24) is 30.4 Å². The lowest BCUT2D eigenvalue weighted by Crippen LogP contribution is -2.51. The Morgan fingerprint density at radius 3 is 2.72 bits per heavy atom. The van der Waals surface area contributed by atoms with Crippen LogP contribution in [0, 0.1) is 5.82 Å². The van der Waals surface area contributed by atoms with Gasteiger partial charge < -0.3 is 19.9 Å². The highest BCUT2D eigenvalue weighted by atomic mass is 19.1. The maximum absolute atomic E-state index is 13.5. The Morgan fingerprint density at radius 2 is 2.08 bits per heavy atom. The summed E-state index contributed by atoms with van der Waals surface area (Å²) in [6, 6.07) is 4.61. The summed E-state index contributed by atoms with van der Waals surface area (Å²) < 4.78 is 18.5. The number of amides is 2. The first-order valence-corrected chi connectivity index (χ1v) is 7.91. The second-order valence-electron chi connectivity index (χ2n) is 5.65. The molecule has 1 aliphatic rings. The van der Waals surface area contributed by atoms with Gasteiger partial charge in [0.15, 0.2) is 17.4 Å². The van der Waals surface area contributed by atoms with E-state index in [-0.39, 0.29) is 24.1 Å². The second-order valence-corrected chi connectivity index (χ2v) is 5.65. The number of aromatic nitrogens is 4. The number of methoxy groups -OCH3 is 1. The van der Waals surface area contributed by atoms with Crippen LogP contribution in [0.2, 0.25) is 0 Å². The van der Waals surface area contributed by atoms with Gasteiger partial charge in [0, 0.05) is 37.9 Å². The highest BCUT2D eigenvalue weighted by Crippen LogP contribution is 2.25. The average Bonchev–Trinajstić information content (AvgIpc) is 3.05. The summed E-state index contributed by atoms with van der Waals surface area (Å²) in [6.07, 6.45) is 0. The molecule has 0 aliphatic carbocycles. The number of hydrogen-bond acceptors (Lipinski definition) is 6.